The minimum absolute atomic E-state index is 0.323. The van der Waals surface area contributed by atoms with Gasteiger partial charge in [-0.3, -0.25) is 0 Å². The Bertz CT molecular complexity index is 364. The van der Waals surface area contributed by atoms with Crippen molar-refractivity contribution in [1.82, 2.24) is 0 Å². The van der Waals surface area contributed by atoms with Gasteiger partial charge in [-0.2, -0.15) is 0 Å². The van der Waals surface area contributed by atoms with Crippen molar-refractivity contribution in [3.63, 3.8) is 0 Å². The minimum Gasteiger partial charge on any atom is -0.497 e. The molecule has 0 radical (unpaired) electrons. The van der Waals surface area contributed by atoms with Gasteiger partial charge >= 0.3 is 7.12 Å². The number of hydrogen-bond acceptors (Lipinski definition) is 3. The fraction of sp³-hybridized carbons (Fsp3) is 0.400. The Morgan fingerprint density at radius 2 is 2.00 bits per heavy atom. The lowest BCUT2D eigenvalue weighted by atomic mass is 9.78. The first-order chi connectivity index (χ1) is 7.22. The first-order valence-electron chi connectivity index (χ1n) is 4.79. The Kier molecular flexibility index (Phi) is 3.19. The van der Waals surface area contributed by atoms with E-state index in [0.717, 1.165) is 11.0 Å². The van der Waals surface area contributed by atoms with Crippen LogP contribution < -0.4 is 10.2 Å². The summed E-state index contributed by atoms with van der Waals surface area (Å²) in [4.78, 5) is 0. The molecule has 1 fully saturated rings. The van der Waals surface area contributed by atoms with Gasteiger partial charge in [0, 0.05) is 10.5 Å². The van der Waals surface area contributed by atoms with Crippen LogP contribution in [0.4, 0.5) is 0 Å². The third kappa shape index (κ3) is 2.12. The lowest BCUT2D eigenvalue weighted by molar-refractivity contribution is 0.365. The molecule has 1 saturated heterocycles. The smallest absolute Gasteiger partial charge is 0.497 e. The van der Waals surface area contributed by atoms with Crippen molar-refractivity contribution >= 4 is 24.2 Å². The number of methoxy groups -OCH3 is 1. The number of aryl methyl sites for hydroxylation is 1. The molecule has 0 N–H and O–H groups in total. The van der Waals surface area contributed by atoms with Crippen LogP contribution in [0.25, 0.3) is 0 Å². The van der Waals surface area contributed by atoms with Crippen molar-refractivity contribution in [1.29, 1.82) is 0 Å². The first-order valence-corrected chi connectivity index (χ1v) is 5.17. The standard InChI is InChI=1S/C10H12BClO3/c1-7-5-8(11-14-3-4-15-11)10(13-2)6-9(7)12/h5-6H,3-4H2,1-2H3. The zero-order valence-corrected chi connectivity index (χ0v) is 9.50. The lowest BCUT2D eigenvalue weighted by Gasteiger charge is -2.12. The molecule has 1 aliphatic heterocycles. The zero-order valence-electron chi connectivity index (χ0n) is 8.75. The highest BCUT2D eigenvalue weighted by Gasteiger charge is 2.29. The monoisotopic (exact) mass is 226 g/mol. The fourth-order valence-electron chi connectivity index (χ4n) is 1.58. The Hall–Kier alpha value is -0.705. The molecular formula is C10H12BClO3. The molecule has 0 saturated carbocycles. The van der Waals surface area contributed by atoms with E-state index in [1.54, 1.807) is 13.2 Å². The molecule has 2 rings (SSSR count). The molecule has 0 bridgehead atoms. The van der Waals surface area contributed by atoms with Gasteiger partial charge in [0.1, 0.15) is 5.75 Å². The molecule has 1 aromatic rings. The molecule has 0 aromatic heterocycles. The summed E-state index contributed by atoms with van der Waals surface area (Å²) in [7, 11) is 1.29. The van der Waals surface area contributed by atoms with Crippen molar-refractivity contribution in [3.05, 3.63) is 22.7 Å². The van der Waals surface area contributed by atoms with Gasteiger partial charge < -0.3 is 14.0 Å². The van der Waals surface area contributed by atoms with E-state index in [2.05, 4.69) is 0 Å². The first kappa shape index (κ1) is 10.8. The van der Waals surface area contributed by atoms with Crippen LogP contribution in [0.5, 0.6) is 5.75 Å². The molecule has 1 aliphatic rings. The van der Waals surface area contributed by atoms with Gasteiger partial charge in [0.2, 0.25) is 0 Å². The van der Waals surface area contributed by atoms with Gasteiger partial charge in [0.05, 0.1) is 20.3 Å². The van der Waals surface area contributed by atoms with Crippen LogP contribution in [0.15, 0.2) is 12.1 Å². The highest BCUT2D eigenvalue weighted by molar-refractivity contribution is 6.63. The highest BCUT2D eigenvalue weighted by Crippen LogP contribution is 2.21. The second kappa shape index (κ2) is 4.43. The predicted molar refractivity (Wildman–Crippen MR) is 60.0 cm³/mol. The van der Waals surface area contributed by atoms with Gasteiger partial charge in [-0.15, -0.1) is 0 Å². The summed E-state index contributed by atoms with van der Waals surface area (Å²) in [6.45, 7) is 3.19. The normalized spacial score (nSPS) is 15.8. The Labute approximate surface area is 94.4 Å². The SMILES string of the molecule is COc1cc(Cl)c(C)cc1B1OCCO1. The zero-order chi connectivity index (χ0) is 10.8. The highest BCUT2D eigenvalue weighted by atomic mass is 35.5. The van der Waals surface area contributed by atoms with Crippen LogP contribution in [0.3, 0.4) is 0 Å². The molecule has 0 amide bonds. The second-order valence-corrected chi connectivity index (χ2v) is 3.82. The average molecular weight is 226 g/mol. The van der Waals surface area contributed by atoms with Crippen molar-refractivity contribution in [3.8, 4) is 5.75 Å². The number of halogens is 1. The Morgan fingerprint density at radius 3 is 2.60 bits per heavy atom. The Balaban J connectivity index is 2.39. The number of benzene rings is 1. The topological polar surface area (TPSA) is 27.7 Å². The van der Waals surface area contributed by atoms with E-state index in [-0.39, 0.29) is 7.12 Å². The van der Waals surface area contributed by atoms with Crippen LogP contribution >= 0.6 is 11.6 Å². The maximum atomic E-state index is 6.01. The van der Waals surface area contributed by atoms with Gasteiger partial charge in [-0.25, -0.2) is 0 Å². The van der Waals surface area contributed by atoms with Crippen LogP contribution in [0.1, 0.15) is 5.56 Å². The van der Waals surface area contributed by atoms with Gasteiger partial charge in [0.25, 0.3) is 0 Å². The summed E-state index contributed by atoms with van der Waals surface area (Å²) >= 11 is 6.01. The van der Waals surface area contributed by atoms with E-state index in [9.17, 15) is 0 Å². The van der Waals surface area contributed by atoms with E-state index in [0.29, 0.717) is 24.0 Å². The van der Waals surface area contributed by atoms with E-state index in [1.807, 2.05) is 13.0 Å². The molecule has 3 nitrogen and oxygen atoms in total. The maximum absolute atomic E-state index is 6.01. The molecule has 5 heteroatoms. The van der Waals surface area contributed by atoms with Crippen LogP contribution in [-0.2, 0) is 9.31 Å². The van der Waals surface area contributed by atoms with E-state index < -0.39 is 0 Å². The quantitative estimate of drug-likeness (QED) is 0.714. The van der Waals surface area contributed by atoms with Crippen molar-refractivity contribution < 1.29 is 14.0 Å². The van der Waals surface area contributed by atoms with Crippen molar-refractivity contribution in [2.45, 2.75) is 6.92 Å². The summed E-state index contributed by atoms with van der Waals surface area (Å²) < 4.78 is 16.1. The number of rotatable bonds is 2. The molecular weight excluding hydrogens is 214 g/mol. The third-order valence-corrected chi connectivity index (χ3v) is 2.79. The molecule has 1 aromatic carbocycles. The summed E-state index contributed by atoms with van der Waals surface area (Å²) in [5.74, 6) is 0.706. The molecule has 80 valence electrons. The van der Waals surface area contributed by atoms with Crippen LogP contribution in [-0.4, -0.2) is 27.4 Å². The van der Waals surface area contributed by atoms with E-state index in [1.165, 1.54) is 0 Å². The van der Waals surface area contributed by atoms with Crippen LogP contribution in [0.2, 0.25) is 5.02 Å². The average Bonchev–Trinajstić information content (AvgIpc) is 2.74. The predicted octanol–water partition coefficient (Wildman–Crippen LogP) is 1.40. The van der Waals surface area contributed by atoms with Gasteiger partial charge in [-0.1, -0.05) is 17.7 Å². The van der Waals surface area contributed by atoms with Gasteiger partial charge in [0.15, 0.2) is 0 Å². The van der Waals surface area contributed by atoms with Crippen molar-refractivity contribution in [2.75, 3.05) is 20.3 Å². The van der Waals surface area contributed by atoms with E-state index in [4.69, 9.17) is 25.6 Å². The number of ether oxygens (including phenoxy) is 1. The molecule has 0 atom stereocenters. The molecule has 0 unspecified atom stereocenters. The summed E-state index contributed by atoms with van der Waals surface area (Å²) in [6, 6.07) is 3.73. The summed E-state index contributed by atoms with van der Waals surface area (Å²) in [5.41, 5.74) is 1.89. The van der Waals surface area contributed by atoms with Crippen LogP contribution in [0, 0.1) is 6.92 Å². The summed E-state index contributed by atoms with van der Waals surface area (Å²) in [5, 5.41) is 0.689. The number of hydrogen-bond donors (Lipinski definition) is 0. The maximum Gasteiger partial charge on any atom is 0.497 e. The molecule has 0 aliphatic carbocycles. The largest absolute Gasteiger partial charge is 0.497 e. The Morgan fingerprint density at radius 1 is 1.33 bits per heavy atom. The third-order valence-electron chi connectivity index (χ3n) is 2.39. The molecule has 1 heterocycles. The van der Waals surface area contributed by atoms with E-state index >= 15 is 0 Å². The second-order valence-electron chi connectivity index (χ2n) is 3.42. The fourth-order valence-corrected chi connectivity index (χ4v) is 1.74. The lowest BCUT2D eigenvalue weighted by Crippen LogP contribution is -2.33. The minimum atomic E-state index is -0.323. The molecule has 15 heavy (non-hydrogen) atoms. The summed E-state index contributed by atoms with van der Waals surface area (Å²) in [6.07, 6.45) is 0. The van der Waals surface area contributed by atoms with Crippen molar-refractivity contribution in [2.24, 2.45) is 0 Å². The molecule has 0 spiro atoms. The van der Waals surface area contributed by atoms with Gasteiger partial charge in [-0.05, 0) is 18.6 Å².